The van der Waals surface area contributed by atoms with Gasteiger partial charge in [0.1, 0.15) is 18.3 Å². The number of benzene rings is 1. The van der Waals surface area contributed by atoms with Crippen LogP contribution in [0.15, 0.2) is 30.9 Å². The maximum Gasteiger partial charge on any atom is 0.238 e. The first-order chi connectivity index (χ1) is 8.22. The van der Waals surface area contributed by atoms with Crippen molar-refractivity contribution in [1.82, 2.24) is 14.8 Å². The van der Waals surface area contributed by atoms with Crippen molar-refractivity contribution >= 4 is 23.2 Å². The summed E-state index contributed by atoms with van der Waals surface area (Å²) in [5.41, 5.74) is 6.35. The molecule has 0 unspecified atom stereocenters. The number of nitrogens with one attached hydrogen (secondary N) is 1. The maximum absolute atomic E-state index is 11.3. The van der Waals surface area contributed by atoms with Crippen molar-refractivity contribution in [3.63, 3.8) is 0 Å². The Morgan fingerprint density at radius 2 is 2.35 bits per heavy atom. The number of halogens is 1. The van der Waals surface area contributed by atoms with E-state index in [0.29, 0.717) is 16.4 Å². The first kappa shape index (κ1) is 11.6. The lowest BCUT2D eigenvalue weighted by molar-refractivity contribution is -0.114. The van der Waals surface area contributed by atoms with E-state index in [2.05, 4.69) is 15.4 Å². The highest BCUT2D eigenvalue weighted by Gasteiger charge is 2.11. The molecule has 1 amide bonds. The second kappa shape index (κ2) is 4.94. The molecule has 7 heteroatoms. The summed E-state index contributed by atoms with van der Waals surface area (Å²) >= 11 is 6.08. The predicted octanol–water partition coefficient (Wildman–Crippen LogP) is 0.818. The molecule has 6 nitrogen and oxygen atoms in total. The molecule has 0 aliphatic carbocycles. The van der Waals surface area contributed by atoms with Crippen LogP contribution in [0, 0.1) is 0 Å². The van der Waals surface area contributed by atoms with Crippen LogP contribution in [0.3, 0.4) is 0 Å². The molecule has 1 heterocycles. The summed E-state index contributed by atoms with van der Waals surface area (Å²) < 4.78 is 1.48. The highest BCUT2D eigenvalue weighted by molar-refractivity contribution is 6.33. The quantitative estimate of drug-likeness (QED) is 0.846. The number of aromatic nitrogens is 3. The number of hydrogen-bond acceptors (Lipinski definition) is 4. The average molecular weight is 252 g/mol. The molecule has 3 N–H and O–H groups in total. The lowest BCUT2D eigenvalue weighted by Crippen LogP contribution is -2.22. The topological polar surface area (TPSA) is 85.8 Å². The molecule has 0 aliphatic rings. The summed E-state index contributed by atoms with van der Waals surface area (Å²) in [5.74, 6) is -0.298. The molecule has 88 valence electrons. The minimum Gasteiger partial charge on any atom is -0.323 e. The van der Waals surface area contributed by atoms with E-state index in [-0.39, 0.29) is 12.5 Å². The number of carbonyl (C=O) groups is 1. The van der Waals surface area contributed by atoms with Crippen LogP contribution in [0.1, 0.15) is 0 Å². The molecule has 0 saturated heterocycles. The maximum atomic E-state index is 11.3. The van der Waals surface area contributed by atoms with Gasteiger partial charge in [-0.3, -0.25) is 4.79 Å². The summed E-state index contributed by atoms with van der Waals surface area (Å²) in [7, 11) is 0. The molecule has 1 aromatic carbocycles. The number of para-hydroxylation sites is 1. The van der Waals surface area contributed by atoms with E-state index >= 15 is 0 Å². The Hall–Kier alpha value is -1.92. The minimum absolute atomic E-state index is 0.0939. The van der Waals surface area contributed by atoms with E-state index in [1.807, 2.05) is 0 Å². The second-order valence-corrected chi connectivity index (χ2v) is 3.64. The molecule has 0 bridgehead atoms. The number of nitrogens with zero attached hydrogens (tertiary/aromatic N) is 3. The summed E-state index contributed by atoms with van der Waals surface area (Å²) in [6.07, 6.45) is 2.89. The molecule has 0 saturated carbocycles. The first-order valence-corrected chi connectivity index (χ1v) is 5.23. The van der Waals surface area contributed by atoms with Gasteiger partial charge in [0.25, 0.3) is 0 Å². The summed E-state index contributed by atoms with van der Waals surface area (Å²) in [4.78, 5) is 15.1. The Morgan fingerprint density at radius 1 is 1.53 bits per heavy atom. The van der Waals surface area contributed by atoms with Crippen molar-refractivity contribution in [2.45, 2.75) is 0 Å². The average Bonchev–Trinajstić information content (AvgIpc) is 2.82. The van der Waals surface area contributed by atoms with Crippen LogP contribution < -0.4 is 11.1 Å². The Balaban J connectivity index is 2.45. The van der Waals surface area contributed by atoms with E-state index in [1.165, 1.54) is 17.3 Å². The van der Waals surface area contributed by atoms with Gasteiger partial charge in [0.2, 0.25) is 5.91 Å². The highest BCUT2D eigenvalue weighted by Crippen LogP contribution is 2.27. The number of hydrogen-bond donors (Lipinski definition) is 2. The molecule has 0 aliphatic heterocycles. The zero-order valence-electron chi connectivity index (χ0n) is 8.80. The normalized spacial score (nSPS) is 10.2. The van der Waals surface area contributed by atoms with Crippen LogP contribution in [-0.4, -0.2) is 27.2 Å². The predicted molar refractivity (Wildman–Crippen MR) is 64.1 cm³/mol. The van der Waals surface area contributed by atoms with Crippen molar-refractivity contribution in [1.29, 1.82) is 0 Å². The van der Waals surface area contributed by atoms with Crippen molar-refractivity contribution < 1.29 is 4.79 Å². The van der Waals surface area contributed by atoms with Crippen molar-refractivity contribution in [2.24, 2.45) is 5.73 Å². The SMILES string of the molecule is NCC(=O)Nc1cccc(Cl)c1-n1cncn1. The minimum atomic E-state index is -0.298. The van der Waals surface area contributed by atoms with Gasteiger partial charge < -0.3 is 11.1 Å². The molecule has 17 heavy (non-hydrogen) atoms. The monoisotopic (exact) mass is 251 g/mol. The Morgan fingerprint density at radius 3 is 3.00 bits per heavy atom. The highest BCUT2D eigenvalue weighted by atomic mass is 35.5. The number of carbonyl (C=O) groups excluding carboxylic acids is 1. The lowest BCUT2D eigenvalue weighted by atomic mass is 10.2. The van der Waals surface area contributed by atoms with Crippen molar-refractivity contribution in [3.8, 4) is 5.69 Å². The van der Waals surface area contributed by atoms with Gasteiger partial charge in [0.05, 0.1) is 17.3 Å². The van der Waals surface area contributed by atoms with Crippen LogP contribution in [0.5, 0.6) is 0 Å². The van der Waals surface area contributed by atoms with Gasteiger partial charge >= 0.3 is 0 Å². The van der Waals surface area contributed by atoms with Crippen molar-refractivity contribution in [3.05, 3.63) is 35.9 Å². The standard InChI is InChI=1S/C10H10ClN5O/c11-7-2-1-3-8(15-9(17)4-12)10(7)16-6-13-5-14-16/h1-3,5-6H,4,12H2,(H,15,17). The van der Waals surface area contributed by atoms with Crippen LogP contribution in [0.25, 0.3) is 5.69 Å². The van der Waals surface area contributed by atoms with Crippen LogP contribution in [0.2, 0.25) is 5.02 Å². The van der Waals surface area contributed by atoms with Crippen molar-refractivity contribution in [2.75, 3.05) is 11.9 Å². The third-order valence-electron chi connectivity index (χ3n) is 2.09. The summed E-state index contributed by atoms with van der Waals surface area (Å²) in [5, 5.41) is 7.10. The molecule has 1 aromatic heterocycles. The molecular weight excluding hydrogens is 242 g/mol. The van der Waals surface area contributed by atoms with E-state index in [9.17, 15) is 4.79 Å². The molecule has 0 spiro atoms. The third-order valence-corrected chi connectivity index (χ3v) is 2.40. The first-order valence-electron chi connectivity index (χ1n) is 4.86. The lowest BCUT2D eigenvalue weighted by Gasteiger charge is -2.11. The fraction of sp³-hybridized carbons (Fsp3) is 0.100. The van der Waals surface area contributed by atoms with Gasteiger partial charge in [-0.1, -0.05) is 17.7 Å². The Labute approximate surface area is 102 Å². The van der Waals surface area contributed by atoms with Gasteiger partial charge in [0, 0.05) is 0 Å². The largest absolute Gasteiger partial charge is 0.323 e. The molecule has 0 radical (unpaired) electrons. The molecule has 2 aromatic rings. The molecular formula is C10H10ClN5O. The second-order valence-electron chi connectivity index (χ2n) is 3.23. The van der Waals surface area contributed by atoms with Gasteiger partial charge in [-0.05, 0) is 12.1 Å². The molecule has 0 atom stereocenters. The van der Waals surface area contributed by atoms with Gasteiger partial charge in [0.15, 0.2) is 0 Å². The number of rotatable bonds is 3. The zero-order valence-corrected chi connectivity index (χ0v) is 9.55. The fourth-order valence-corrected chi connectivity index (χ4v) is 1.64. The van der Waals surface area contributed by atoms with E-state index in [1.54, 1.807) is 18.2 Å². The van der Waals surface area contributed by atoms with E-state index in [4.69, 9.17) is 17.3 Å². The molecule has 0 fully saturated rings. The summed E-state index contributed by atoms with van der Waals surface area (Å²) in [6, 6.07) is 5.15. The fourth-order valence-electron chi connectivity index (χ4n) is 1.37. The number of anilines is 1. The van der Waals surface area contributed by atoms with Gasteiger partial charge in [-0.25, -0.2) is 9.67 Å². The Kier molecular flexibility index (Phi) is 3.36. The third kappa shape index (κ3) is 2.43. The zero-order chi connectivity index (χ0) is 12.3. The van der Waals surface area contributed by atoms with Crippen LogP contribution in [-0.2, 0) is 4.79 Å². The summed E-state index contributed by atoms with van der Waals surface area (Å²) in [6.45, 7) is -0.0939. The molecule has 2 rings (SSSR count). The van der Waals surface area contributed by atoms with Gasteiger partial charge in [-0.2, -0.15) is 5.10 Å². The number of nitrogens with two attached hydrogens (primary N) is 1. The smallest absolute Gasteiger partial charge is 0.238 e. The number of amides is 1. The Bertz CT molecular complexity index is 525. The van der Waals surface area contributed by atoms with E-state index < -0.39 is 0 Å². The van der Waals surface area contributed by atoms with Gasteiger partial charge in [-0.15, -0.1) is 0 Å². The van der Waals surface area contributed by atoms with Crippen LogP contribution >= 0.6 is 11.6 Å². The van der Waals surface area contributed by atoms with E-state index in [0.717, 1.165) is 0 Å². The van der Waals surface area contributed by atoms with Crippen LogP contribution in [0.4, 0.5) is 5.69 Å².